The molecule has 21 heavy (non-hydrogen) atoms. The molecule has 1 heterocycles. The lowest BCUT2D eigenvalue weighted by molar-refractivity contribution is 0.212. The molecule has 1 aromatic rings. The van der Waals surface area contributed by atoms with Crippen LogP contribution in [0.5, 0.6) is 0 Å². The summed E-state index contributed by atoms with van der Waals surface area (Å²) in [5, 5.41) is 3.65. The average molecular weight is 291 g/mol. The Morgan fingerprint density at radius 3 is 2.57 bits per heavy atom. The third kappa shape index (κ3) is 3.85. The van der Waals surface area contributed by atoms with E-state index in [1.54, 1.807) is 12.1 Å². The molecule has 3 heteroatoms. The zero-order valence-electron chi connectivity index (χ0n) is 13.3. The Labute approximate surface area is 127 Å². The molecular formula is C18H26FNO. The van der Waals surface area contributed by atoms with Crippen molar-refractivity contribution in [3.05, 3.63) is 47.5 Å². The summed E-state index contributed by atoms with van der Waals surface area (Å²) >= 11 is 0. The van der Waals surface area contributed by atoms with Crippen LogP contribution in [0.25, 0.3) is 0 Å². The van der Waals surface area contributed by atoms with Crippen LogP contribution in [-0.2, 0) is 10.2 Å². The van der Waals surface area contributed by atoms with Crippen molar-refractivity contribution < 1.29 is 9.13 Å². The van der Waals surface area contributed by atoms with Crippen LogP contribution in [0.4, 0.5) is 4.39 Å². The summed E-state index contributed by atoms with van der Waals surface area (Å²) in [7, 11) is 0. The highest BCUT2D eigenvalue weighted by atomic mass is 19.1. The van der Waals surface area contributed by atoms with E-state index in [2.05, 4.69) is 26.1 Å². The second-order valence-electron chi connectivity index (χ2n) is 6.28. The topological polar surface area (TPSA) is 21.3 Å². The first-order valence-corrected chi connectivity index (χ1v) is 7.85. The fourth-order valence-electron chi connectivity index (χ4n) is 2.98. The molecule has 1 aromatic carbocycles. The number of ether oxygens (including phenoxy) is 1. The summed E-state index contributed by atoms with van der Waals surface area (Å²) in [4.78, 5) is 0. The number of halogens is 1. The molecule has 2 rings (SSSR count). The minimum atomic E-state index is -0.187. The second-order valence-corrected chi connectivity index (χ2v) is 6.28. The molecule has 1 atom stereocenters. The maximum Gasteiger partial charge on any atom is 0.123 e. The lowest BCUT2D eigenvalue weighted by Crippen LogP contribution is -2.47. The third-order valence-corrected chi connectivity index (χ3v) is 4.24. The van der Waals surface area contributed by atoms with Gasteiger partial charge >= 0.3 is 0 Å². The predicted molar refractivity (Wildman–Crippen MR) is 84.8 cm³/mol. The minimum Gasteiger partial charge on any atom is -0.501 e. The largest absolute Gasteiger partial charge is 0.501 e. The molecular weight excluding hydrogens is 265 g/mol. The van der Waals surface area contributed by atoms with Gasteiger partial charge in [-0.15, -0.1) is 0 Å². The Balaban J connectivity index is 2.28. The van der Waals surface area contributed by atoms with E-state index in [4.69, 9.17) is 4.74 Å². The van der Waals surface area contributed by atoms with E-state index < -0.39 is 0 Å². The summed E-state index contributed by atoms with van der Waals surface area (Å²) in [5.41, 5.74) is 2.34. The Bertz CT molecular complexity index is 478. The molecule has 1 N–H and O–H groups in total. The SMILES string of the molecule is CCCNC(C1=COCCC1)C(C)(C)c1ccc(F)cc1. The number of rotatable bonds is 6. The van der Waals surface area contributed by atoms with E-state index in [1.165, 1.54) is 5.57 Å². The lowest BCUT2D eigenvalue weighted by Gasteiger charge is -2.38. The summed E-state index contributed by atoms with van der Waals surface area (Å²) in [6.45, 7) is 8.36. The number of hydrogen-bond acceptors (Lipinski definition) is 2. The molecule has 1 aliphatic rings. The van der Waals surface area contributed by atoms with E-state index in [0.29, 0.717) is 0 Å². The van der Waals surface area contributed by atoms with Gasteiger partial charge in [-0.05, 0) is 49.1 Å². The van der Waals surface area contributed by atoms with Gasteiger partial charge in [0, 0.05) is 11.5 Å². The van der Waals surface area contributed by atoms with Gasteiger partial charge in [0.1, 0.15) is 5.82 Å². The van der Waals surface area contributed by atoms with Crippen LogP contribution in [-0.4, -0.2) is 19.2 Å². The molecule has 116 valence electrons. The second kappa shape index (κ2) is 7.08. The summed E-state index contributed by atoms with van der Waals surface area (Å²) < 4.78 is 18.7. The van der Waals surface area contributed by atoms with E-state index in [1.807, 2.05) is 18.4 Å². The molecule has 0 radical (unpaired) electrons. The predicted octanol–water partition coefficient (Wildman–Crippen LogP) is 4.17. The van der Waals surface area contributed by atoms with Gasteiger partial charge in [-0.3, -0.25) is 0 Å². The highest BCUT2D eigenvalue weighted by molar-refractivity contribution is 5.31. The third-order valence-electron chi connectivity index (χ3n) is 4.24. The summed E-state index contributed by atoms with van der Waals surface area (Å²) in [6, 6.07) is 7.07. The fraction of sp³-hybridized carbons (Fsp3) is 0.556. The lowest BCUT2D eigenvalue weighted by atomic mass is 9.74. The Morgan fingerprint density at radius 2 is 2.00 bits per heavy atom. The van der Waals surface area contributed by atoms with Crippen molar-refractivity contribution in [2.45, 2.75) is 51.5 Å². The van der Waals surface area contributed by atoms with Crippen LogP contribution in [0.15, 0.2) is 36.1 Å². The first-order valence-electron chi connectivity index (χ1n) is 7.85. The Morgan fingerprint density at radius 1 is 1.29 bits per heavy atom. The molecule has 1 aliphatic heterocycles. The maximum absolute atomic E-state index is 13.2. The normalized spacial score (nSPS) is 17.0. The van der Waals surface area contributed by atoms with Crippen molar-refractivity contribution >= 4 is 0 Å². The molecule has 0 aromatic heterocycles. The van der Waals surface area contributed by atoms with Crippen molar-refractivity contribution in [1.29, 1.82) is 0 Å². The van der Waals surface area contributed by atoms with E-state index >= 15 is 0 Å². The van der Waals surface area contributed by atoms with Crippen molar-refractivity contribution in [2.75, 3.05) is 13.2 Å². The number of nitrogens with one attached hydrogen (secondary N) is 1. The average Bonchev–Trinajstić information content (AvgIpc) is 2.49. The van der Waals surface area contributed by atoms with E-state index in [9.17, 15) is 4.39 Å². The smallest absolute Gasteiger partial charge is 0.123 e. The van der Waals surface area contributed by atoms with Gasteiger partial charge in [0.2, 0.25) is 0 Å². The molecule has 0 saturated carbocycles. The minimum absolute atomic E-state index is 0.116. The Hall–Kier alpha value is -1.35. The fourth-order valence-corrected chi connectivity index (χ4v) is 2.98. The van der Waals surface area contributed by atoms with Crippen LogP contribution < -0.4 is 5.32 Å². The van der Waals surface area contributed by atoms with Gasteiger partial charge in [0.25, 0.3) is 0 Å². The van der Waals surface area contributed by atoms with Gasteiger partial charge in [-0.2, -0.15) is 0 Å². The van der Waals surface area contributed by atoms with Crippen molar-refractivity contribution in [2.24, 2.45) is 0 Å². The molecule has 0 saturated heterocycles. The first-order chi connectivity index (χ1) is 10.1. The molecule has 0 amide bonds. The monoisotopic (exact) mass is 291 g/mol. The van der Waals surface area contributed by atoms with Crippen molar-refractivity contribution in [1.82, 2.24) is 5.32 Å². The van der Waals surface area contributed by atoms with Crippen LogP contribution in [0, 0.1) is 5.82 Å². The van der Waals surface area contributed by atoms with Crippen molar-refractivity contribution in [3.63, 3.8) is 0 Å². The van der Waals surface area contributed by atoms with Crippen LogP contribution in [0.3, 0.4) is 0 Å². The van der Waals surface area contributed by atoms with Gasteiger partial charge in [-0.25, -0.2) is 4.39 Å². The van der Waals surface area contributed by atoms with Crippen LogP contribution in [0.2, 0.25) is 0 Å². The molecule has 1 unspecified atom stereocenters. The van der Waals surface area contributed by atoms with Crippen LogP contribution >= 0.6 is 0 Å². The van der Waals surface area contributed by atoms with Gasteiger partial charge in [0.05, 0.1) is 12.9 Å². The maximum atomic E-state index is 13.2. The summed E-state index contributed by atoms with van der Waals surface area (Å²) in [6.07, 6.45) is 5.13. The zero-order valence-corrected chi connectivity index (χ0v) is 13.3. The molecule has 0 aliphatic carbocycles. The molecule has 0 bridgehead atoms. The Kier molecular flexibility index (Phi) is 5.40. The van der Waals surface area contributed by atoms with Crippen molar-refractivity contribution in [3.8, 4) is 0 Å². The van der Waals surface area contributed by atoms with E-state index in [0.717, 1.165) is 38.0 Å². The quantitative estimate of drug-likeness (QED) is 0.849. The highest BCUT2D eigenvalue weighted by Gasteiger charge is 2.34. The van der Waals surface area contributed by atoms with E-state index in [-0.39, 0.29) is 17.3 Å². The summed E-state index contributed by atoms with van der Waals surface area (Å²) in [5.74, 6) is -0.187. The standard InChI is InChI=1S/C18H26FNO/c1-4-11-20-17(14-6-5-12-21-13-14)18(2,3)15-7-9-16(19)10-8-15/h7-10,13,17,20H,4-6,11-12H2,1-3H3. The van der Waals surface area contributed by atoms with Gasteiger partial charge in [0.15, 0.2) is 0 Å². The van der Waals surface area contributed by atoms with Gasteiger partial charge < -0.3 is 10.1 Å². The molecule has 0 fully saturated rings. The number of hydrogen-bond donors (Lipinski definition) is 1. The zero-order chi connectivity index (χ0) is 15.3. The first kappa shape index (κ1) is 16.0. The van der Waals surface area contributed by atoms with Gasteiger partial charge in [-0.1, -0.05) is 32.9 Å². The highest BCUT2D eigenvalue weighted by Crippen LogP contribution is 2.33. The molecule has 0 spiro atoms. The number of benzene rings is 1. The van der Waals surface area contributed by atoms with Crippen LogP contribution in [0.1, 0.15) is 45.6 Å². The molecule has 2 nitrogen and oxygen atoms in total.